The number of anilines is 2. The summed E-state index contributed by atoms with van der Waals surface area (Å²) in [5.74, 6) is -12.5. The molecular weight excluding hydrogens is 523 g/mol. The third-order valence-electron chi connectivity index (χ3n) is 5.06. The monoisotopic (exact) mass is 544 g/mol. The lowest BCUT2D eigenvalue weighted by Gasteiger charge is -2.14. The van der Waals surface area contributed by atoms with E-state index >= 15 is 0 Å². The Morgan fingerprint density at radius 3 is 2.14 bits per heavy atom. The van der Waals surface area contributed by atoms with Crippen LogP contribution in [-0.4, -0.2) is 42.9 Å². The van der Waals surface area contributed by atoms with Gasteiger partial charge in [0.2, 0.25) is 11.7 Å². The number of benzene rings is 2. The fourth-order valence-electron chi connectivity index (χ4n) is 3.25. The summed E-state index contributed by atoms with van der Waals surface area (Å²) in [5, 5.41) is 2.90. The van der Waals surface area contributed by atoms with Crippen LogP contribution in [0, 0.1) is 29.1 Å². The molecule has 0 spiro atoms. The maximum absolute atomic E-state index is 14.1. The van der Waals surface area contributed by atoms with Crippen molar-refractivity contribution in [1.29, 1.82) is 0 Å². The second kappa shape index (κ2) is 11.5. The maximum atomic E-state index is 14.1. The van der Waals surface area contributed by atoms with Crippen LogP contribution in [-0.2, 0) is 9.59 Å². The zero-order chi connectivity index (χ0) is 27.4. The Bertz CT molecular complexity index is 1290. The van der Waals surface area contributed by atoms with Crippen LogP contribution >= 0.6 is 11.8 Å². The van der Waals surface area contributed by atoms with E-state index in [2.05, 4.69) is 10.3 Å². The number of carbonyl (C=O) groups excluding carboxylic acids is 2. The largest absolute Gasteiger partial charge is 0.493 e. The zero-order valence-corrected chi connectivity index (χ0v) is 20.5. The van der Waals surface area contributed by atoms with Crippen LogP contribution in [0.25, 0.3) is 0 Å². The van der Waals surface area contributed by atoms with Gasteiger partial charge in [0, 0.05) is 24.0 Å². The van der Waals surface area contributed by atoms with Gasteiger partial charge in [-0.05, 0) is 18.6 Å². The number of nitrogens with one attached hydrogen (secondary N) is 2. The quantitative estimate of drug-likeness (QED) is 0.262. The molecule has 0 aliphatic carbocycles. The summed E-state index contributed by atoms with van der Waals surface area (Å²) in [6.07, 6.45) is 0.579. The first-order chi connectivity index (χ1) is 17.5. The summed E-state index contributed by atoms with van der Waals surface area (Å²) in [5.41, 5.74) is 4.33. The van der Waals surface area contributed by atoms with Crippen molar-refractivity contribution >= 4 is 40.0 Å². The highest BCUT2D eigenvalue weighted by molar-refractivity contribution is 8.16. The van der Waals surface area contributed by atoms with Crippen molar-refractivity contribution in [3.63, 3.8) is 0 Å². The van der Waals surface area contributed by atoms with Gasteiger partial charge in [0.1, 0.15) is 16.0 Å². The topological polar surface area (TPSA) is 115 Å². The molecule has 4 N–H and O–H groups in total. The molecule has 0 bridgehead atoms. The third kappa shape index (κ3) is 5.48. The Morgan fingerprint density at radius 1 is 0.973 bits per heavy atom. The number of thioether (sulfide) groups is 1. The minimum Gasteiger partial charge on any atom is -0.493 e. The van der Waals surface area contributed by atoms with Crippen LogP contribution < -0.4 is 25.8 Å². The molecular formula is C23H21F5N4O4S. The second-order valence-electron chi connectivity index (χ2n) is 7.47. The van der Waals surface area contributed by atoms with E-state index in [-0.39, 0.29) is 28.5 Å². The highest BCUT2D eigenvalue weighted by Gasteiger charge is 2.39. The highest BCUT2D eigenvalue weighted by atomic mass is 32.2. The molecule has 2 aromatic carbocycles. The summed E-state index contributed by atoms with van der Waals surface area (Å²) < 4.78 is 78.9. The molecule has 8 nitrogen and oxygen atoms in total. The van der Waals surface area contributed by atoms with Gasteiger partial charge < -0.3 is 25.8 Å². The number of carbonyl (C=O) groups is 2. The number of amides is 2. The molecule has 2 amide bonds. The van der Waals surface area contributed by atoms with Crippen molar-refractivity contribution in [2.45, 2.75) is 18.6 Å². The first-order valence-electron chi connectivity index (χ1n) is 10.6. The maximum Gasteiger partial charge on any atom is 0.260 e. The Labute approximate surface area is 212 Å². The number of halogens is 5. The van der Waals surface area contributed by atoms with Gasteiger partial charge in [-0.1, -0.05) is 18.7 Å². The molecule has 2 aromatic rings. The number of aliphatic imine (C=N–C) groups is 1. The Morgan fingerprint density at radius 2 is 1.57 bits per heavy atom. The molecule has 37 heavy (non-hydrogen) atoms. The Hall–Kier alpha value is -3.81. The first kappa shape index (κ1) is 27.8. The highest BCUT2D eigenvalue weighted by Crippen LogP contribution is 2.36. The van der Waals surface area contributed by atoms with E-state index in [1.54, 1.807) is 11.4 Å². The SMILES string of the molecule is CCCN=C1S[C@H](C(=O)Nc2c(F)c(F)c(F)c(F)c2F)C(N)=C1C(=O)Nc1ccc(OC)c(OC)c1. The first-order valence-corrected chi connectivity index (χ1v) is 11.5. The average molecular weight is 545 g/mol. The Balaban J connectivity index is 1.94. The van der Waals surface area contributed by atoms with E-state index in [0.717, 1.165) is 0 Å². The van der Waals surface area contributed by atoms with Crippen molar-refractivity contribution in [2.75, 3.05) is 31.4 Å². The average Bonchev–Trinajstić information content (AvgIpc) is 3.23. The van der Waals surface area contributed by atoms with Crippen LogP contribution in [0.3, 0.4) is 0 Å². The van der Waals surface area contributed by atoms with Gasteiger partial charge in [-0.15, -0.1) is 0 Å². The van der Waals surface area contributed by atoms with Gasteiger partial charge in [-0.25, -0.2) is 22.0 Å². The van der Waals surface area contributed by atoms with E-state index in [1.165, 1.54) is 26.4 Å². The summed E-state index contributed by atoms with van der Waals surface area (Å²) in [6.45, 7) is 2.07. The summed E-state index contributed by atoms with van der Waals surface area (Å²) in [4.78, 5) is 30.2. The molecule has 0 saturated heterocycles. The van der Waals surface area contributed by atoms with E-state index in [9.17, 15) is 31.5 Å². The van der Waals surface area contributed by atoms with Crippen LogP contribution in [0.4, 0.5) is 33.3 Å². The normalized spacial score (nSPS) is 16.2. The fourth-order valence-corrected chi connectivity index (χ4v) is 4.38. The van der Waals surface area contributed by atoms with Gasteiger partial charge in [0.05, 0.1) is 19.8 Å². The predicted octanol–water partition coefficient (Wildman–Crippen LogP) is 4.11. The van der Waals surface area contributed by atoms with Crippen LogP contribution in [0.5, 0.6) is 11.5 Å². The molecule has 14 heteroatoms. The molecule has 0 aromatic heterocycles. The lowest BCUT2D eigenvalue weighted by molar-refractivity contribution is -0.115. The van der Waals surface area contributed by atoms with E-state index in [0.29, 0.717) is 29.7 Å². The van der Waals surface area contributed by atoms with Crippen LogP contribution in [0.15, 0.2) is 34.5 Å². The van der Waals surface area contributed by atoms with E-state index in [1.807, 2.05) is 6.92 Å². The second-order valence-corrected chi connectivity index (χ2v) is 8.57. The van der Waals surface area contributed by atoms with Crippen molar-refractivity contribution in [3.8, 4) is 11.5 Å². The smallest absolute Gasteiger partial charge is 0.260 e. The lowest BCUT2D eigenvalue weighted by Crippen LogP contribution is -2.30. The number of rotatable bonds is 8. The van der Waals surface area contributed by atoms with Crippen LogP contribution in [0.2, 0.25) is 0 Å². The van der Waals surface area contributed by atoms with Gasteiger partial charge in [0.25, 0.3) is 5.91 Å². The summed E-state index contributed by atoms with van der Waals surface area (Å²) in [7, 11) is 2.84. The van der Waals surface area contributed by atoms with Gasteiger partial charge >= 0.3 is 0 Å². The third-order valence-corrected chi connectivity index (χ3v) is 6.32. The molecule has 0 fully saturated rings. The van der Waals surface area contributed by atoms with E-state index in [4.69, 9.17) is 15.2 Å². The van der Waals surface area contributed by atoms with Crippen molar-refractivity contribution in [1.82, 2.24) is 0 Å². The zero-order valence-electron chi connectivity index (χ0n) is 19.7. The molecule has 0 unspecified atom stereocenters. The van der Waals surface area contributed by atoms with Gasteiger partial charge in [-0.3, -0.25) is 14.6 Å². The van der Waals surface area contributed by atoms with Gasteiger partial charge in [0.15, 0.2) is 34.8 Å². The van der Waals surface area contributed by atoms with Crippen molar-refractivity contribution < 1.29 is 41.0 Å². The van der Waals surface area contributed by atoms with E-state index < -0.39 is 51.8 Å². The number of hydrogen-bond acceptors (Lipinski definition) is 7. The number of ether oxygens (including phenoxy) is 2. The predicted molar refractivity (Wildman–Crippen MR) is 128 cm³/mol. The molecule has 3 rings (SSSR count). The molecule has 0 saturated carbocycles. The van der Waals surface area contributed by atoms with Crippen molar-refractivity contribution in [2.24, 2.45) is 10.7 Å². The number of nitrogens with zero attached hydrogens (tertiary/aromatic N) is 1. The van der Waals surface area contributed by atoms with Gasteiger partial charge in [-0.2, -0.15) is 0 Å². The molecule has 198 valence electrons. The van der Waals surface area contributed by atoms with Crippen molar-refractivity contribution in [3.05, 3.63) is 58.6 Å². The summed E-state index contributed by atoms with van der Waals surface area (Å²) in [6, 6.07) is 4.54. The molecule has 0 radical (unpaired) electrons. The molecule has 1 atom stereocenters. The summed E-state index contributed by atoms with van der Waals surface area (Å²) >= 11 is 0.697. The number of methoxy groups -OCH3 is 2. The Kier molecular flexibility index (Phi) is 8.63. The fraction of sp³-hybridized carbons (Fsp3) is 0.261. The standard InChI is InChI=1S/C23H21F5N4O4S/c1-4-7-30-23-12(21(33)31-9-5-6-10(35-2)11(8-9)36-3)18(29)20(37-23)22(34)32-19-16(27)14(25)13(24)15(26)17(19)28/h5-6,8,20H,4,7,29H2,1-3H3,(H,31,33)(H,32,34)/t20-/m0/s1. The molecule has 1 heterocycles. The lowest BCUT2D eigenvalue weighted by atomic mass is 10.1. The molecule has 1 aliphatic heterocycles. The minimum absolute atomic E-state index is 0.0647. The number of nitrogens with two attached hydrogens (primary N) is 1. The number of hydrogen-bond donors (Lipinski definition) is 3. The molecule has 1 aliphatic rings. The minimum atomic E-state index is -2.37. The van der Waals surface area contributed by atoms with Crippen LogP contribution in [0.1, 0.15) is 13.3 Å².